The molecule has 0 fully saturated rings. The monoisotopic (exact) mass is 200 g/mol. The van der Waals surface area contributed by atoms with Gasteiger partial charge in [0.1, 0.15) is 0 Å². The maximum Gasteiger partial charge on any atom is 0.0635 e. The third-order valence-electron chi connectivity index (χ3n) is 2.08. The average molecular weight is 200 g/mol. The van der Waals surface area contributed by atoms with E-state index in [1.807, 2.05) is 24.4 Å². The minimum absolute atomic E-state index is 0.201. The largest absolute Gasteiger partial charge is 0.392 e. The zero-order chi connectivity index (χ0) is 9.68. The summed E-state index contributed by atoms with van der Waals surface area (Å²) in [6.45, 7) is 2.62. The van der Waals surface area contributed by atoms with Gasteiger partial charge in [0, 0.05) is 24.3 Å². The van der Waals surface area contributed by atoms with Crippen molar-refractivity contribution in [3.63, 3.8) is 0 Å². The van der Waals surface area contributed by atoms with Crippen molar-refractivity contribution in [2.45, 2.75) is 19.4 Å². The summed E-state index contributed by atoms with van der Waals surface area (Å²) in [5.74, 6) is 0.201. The predicted molar refractivity (Wildman–Crippen MR) is 55.1 cm³/mol. The minimum atomic E-state index is -0.293. The van der Waals surface area contributed by atoms with Gasteiger partial charge in [0.25, 0.3) is 0 Å². The molecule has 0 aliphatic carbocycles. The van der Waals surface area contributed by atoms with Gasteiger partial charge in [0.2, 0.25) is 0 Å². The number of rotatable bonds is 5. The average Bonchev–Trinajstić information content (AvgIpc) is 2.57. The number of aliphatic hydroxyl groups is 1. The number of ether oxygens (including phenoxy) is 1. The van der Waals surface area contributed by atoms with Crippen LogP contribution in [0.2, 0.25) is 0 Å². The molecule has 0 aliphatic rings. The van der Waals surface area contributed by atoms with Crippen LogP contribution in [-0.2, 0) is 11.2 Å². The topological polar surface area (TPSA) is 29.5 Å². The Kier molecular flexibility index (Phi) is 4.42. The van der Waals surface area contributed by atoms with Crippen LogP contribution < -0.4 is 0 Å². The summed E-state index contributed by atoms with van der Waals surface area (Å²) >= 11 is 1.69. The third kappa shape index (κ3) is 3.46. The fourth-order valence-corrected chi connectivity index (χ4v) is 1.97. The highest BCUT2D eigenvalue weighted by Gasteiger charge is 2.14. The highest BCUT2D eigenvalue weighted by atomic mass is 32.1. The molecule has 3 heteroatoms. The molecule has 1 N–H and O–H groups in total. The standard InChI is InChI=1S/C10H16O2S/c1-8(7-12-2)10(11)6-9-4-3-5-13-9/h3-5,8,10-11H,6-7H2,1-2H3. The quantitative estimate of drug-likeness (QED) is 0.787. The molecule has 0 radical (unpaired) electrons. The maximum absolute atomic E-state index is 9.75. The van der Waals surface area contributed by atoms with Crippen molar-refractivity contribution in [3.8, 4) is 0 Å². The molecule has 1 aromatic heterocycles. The summed E-state index contributed by atoms with van der Waals surface area (Å²) in [4.78, 5) is 1.23. The highest BCUT2D eigenvalue weighted by molar-refractivity contribution is 7.09. The molecule has 2 atom stereocenters. The molecule has 13 heavy (non-hydrogen) atoms. The van der Waals surface area contributed by atoms with Gasteiger partial charge < -0.3 is 9.84 Å². The molecule has 0 bridgehead atoms. The van der Waals surface area contributed by atoms with Gasteiger partial charge in [-0.1, -0.05) is 13.0 Å². The zero-order valence-corrected chi connectivity index (χ0v) is 8.88. The van der Waals surface area contributed by atoms with E-state index in [9.17, 15) is 5.11 Å². The Hall–Kier alpha value is -0.380. The second-order valence-electron chi connectivity index (χ2n) is 3.28. The van der Waals surface area contributed by atoms with E-state index < -0.39 is 0 Å². The summed E-state index contributed by atoms with van der Waals surface area (Å²) in [5, 5.41) is 11.8. The van der Waals surface area contributed by atoms with E-state index in [0.29, 0.717) is 6.61 Å². The van der Waals surface area contributed by atoms with Crippen molar-refractivity contribution in [2.24, 2.45) is 5.92 Å². The zero-order valence-electron chi connectivity index (χ0n) is 8.06. The lowest BCUT2D eigenvalue weighted by atomic mass is 10.0. The van der Waals surface area contributed by atoms with E-state index >= 15 is 0 Å². The molecule has 2 unspecified atom stereocenters. The van der Waals surface area contributed by atoms with E-state index in [0.717, 1.165) is 6.42 Å². The molecule has 1 rings (SSSR count). The molecule has 0 saturated carbocycles. The SMILES string of the molecule is COCC(C)C(O)Cc1cccs1. The van der Waals surface area contributed by atoms with E-state index in [2.05, 4.69) is 0 Å². The van der Waals surface area contributed by atoms with Crippen LogP contribution in [0.3, 0.4) is 0 Å². The van der Waals surface area contributed by atoms with Gasteiger partial charge in [-0.2, -0.15) is 0 Å². The van der Waals surface area contributed by atoms with Crippen molar-refractivity contribution in [1.82, 2.24) is 0 Å². The van der Waals surface area contributed by atoms with Crippen LogP contribution in [0.5, 0.6) is 0 Å². The third-order valence-corrected chi connectivity index (χ3v) is 2.98. The molecule has 0 aliphatic heterocycles. The first-order valence-electron chi connectivity index (χ1n) is 4.43. The number of hydrogen-bond acceptors (Lipinski definition) is 3. The van der Waals surface area contributed by atoms with Crippen LogP contribution in [0.4, 0.5) is 0 Å². The smallest absolute Gasteiger partial charge is 0.0635 e. The van der Waals surface area contributed by atoms with Gasteiger partial charge in [-0.25, -0.2) is 0 Å². The van der Waals surface area contributed by atoms with Crippen LogP contribution in [-0.4, -0.2) is 24.9 Å². The van der Waals surface area contributed by atoms with E-state index in [1.54, 1.807) is 18.4 Å². The highest BCUT2D eigenvalue weighted by Crippen LogP contribution is 2.15. The maximum atomic E-state index is 9.75. The Morgan fingerprint density at radius 2 is 2.38 bits per heavy atom. The van der Waals surface area contributed by atoms with Gasteiger partial charge in [0.15, 0.2) is 0 Å². The lowest BCUT2D eigenvalue weighted by Gasteiger charge is -2.16. The molecule has 0 saturated heterocycles. The van der Waals surface area contributed by atoms with Gasteiger partial charge >= 0.3 is 0 Å². The molecular formula is C10H16O2S. The van der Waals surface area contributed by atoms with E-state index in [1.165, 1.54) is 4.88 Å². The Morgan fingerprint density at radius 1 is 1.62 bits per heavy atom. The van der Waals surface area contributed by atoms with Gasteiger partial charge in [0.05, 0.1) is 12.7 Å². The molecule has 0 aromatic carbocycles. The van der Waals surface area contributed by atoms with Crippen LogP contribution >= 0.6 is 11.3 Å². The van der Waals surface area contributed by atoms with Crippen molar-refractivity contribution < 1.29 is 9.84 Å². The second kappa shape index (κ2) is 5.37. The summed E-state index contributed by atoms with van der Waals surface area (Å²) in [5.41, 5.74) is 0. The Bertz CT molecular complexity index is 221. The Balaban J connectivity index is 2.36. The molecule has 74 valence electrons. The number of methoxy groups -OCH3 is 1. The number of hydrogen-bond donors (Lipinski definition) is 1. The fraction of sp³-hybridized carbons (Fsp3) is 0.600. The number of aliphatic hydroxyl groups excluding tert-OH is 1. The first kappa shape index (κ1) is 10.7. The van der Waals surface area contributed by atoms with Crippen molar-refractivity contribution in [2.75, 3.05) is 13.7 Å². The second-order valence-corrected chi connectivity index (χ2v) is 4.32. The summed E-state index contributed by atoms with van der Waals surface area (Å²) in [6.07, 6.45) is 0.445. The molecule has 0 spiro atoms. The summed E-state index contributed by atoms with van der Waals surface area (Å²) < 4.78 is 4.99. The van der Waals surface area contributed by atoms with Gasteiger partial charge in [-0.3, -0.25) is 0 Å². The van der Waals surface area contributed by atoms with Crippen LogP contribution in [0.15, 0.2) is 17.5 Å². The first-order valence-corrected chi connectivity index (χ1v) is 5.31. The molecular weight excluding hydrogens is 184 g/mol. The minimum Gasteiger partial charge on any atom is -0.392 e. The van der Waals surface area contributed by atoms with Crippen molar-refractivity contribution >= 4 is 11.3 Å². The number of thiophene rings is 1. The Morgan fingerprint density at radius 3 is 2.92 bits per heavy atom. The van der Waals surface area contributed by atoms with Gasteiger partial charge in [-0.15, -0.1) is 11.3 Å². The molecule has 1 aromatic rings. The van der Waals surface area contributed by atoms with E-state index in [4.69, 9.17) is 4.74 Å². The van der Waals surface area contributed by atoms with Gasteiger partial charge in [-0.05, 0) is 11.4 Å². The molecule has 2 nitrogen and oxygen atoms in total. The van der Waals surface area contributed by atoms with Crippen LogP contribution in [0.1, 0.15) is 11.8 Å². The van der Waals surface area contributed by atoms with Crippen molar-refractivity contribution in [3.05, 3.63) is 22.4 Å². The Labute approximate surface area is 83.2 Å². The lowest BCUT2D eigenvalue weighted by molar-refractivity contribution is 0.0579. The fourth-order valence-electron chi connectivity index (χ4n) is 1.21. The van der Waals surface area contributed by atoms with Crippen molar-refractivity contribution in [1.29, 1.82) is 0 Å². The van der Waals surface area contributed by atoms with Crippen LogP contribution in [0, 0.1) is 5.92 Å². The first-order chi connectivity index (χ1) is 6.24. The lowest BCUT2D eigenvalue weighted by Crippen LogP contribution is -2.23. The predicted octanol–water partition coefficient (Wildman–Crippen LogP) is 1.93. The van der Waals surface area contributed by atoms with E-state index in [-0.39, 0.29) is 12.0 Å². The molecule has 1 heterocycles. The van der Waals surface area contributed by atoms with Crippen LogP contribution in [0.25, 0.3) is 0 Å². The normalized spacial score (nSPS) is 15.6. The summed E-state index contributed by atoms with van der Waals surface area (Å²) in [7, 11) is 1.66. The summed E-state index contributed by atoms with van der Waals surface area (Å²) in [6, 6.07) is 4.06. The molecule has 0 amide bonds.